The molecule has 0 aliphatic rings. The van der Waals surface area contributed by atoms with Crippen LogP contribution in [0.4, 0.5) is 0 Å². The summed E-state index contributed by atoms with van der Waals surface area (Å²) in [5.74, 6) is -4.37. The van der Waals surface area contributed by atoms with Crippen LogP contribution < -0.4 is 5.73 Å². The molecule has 0 fully saturated rings. The van der Waals surface area contributed by atoms with Gasteiger partial charge in [0, 0.05) is 5.92 Å². The van der Waals surface area contributed by atoms with E-state index < -0.39 is 41.2 Å². The van der Waals surface area contributed by atoms with Crippen molar-refractivity contribution in [3.8, 4) is 0 Å². The van der Waals surface area contributed by atoms with Gasteiger partial charge in [0.05, 0.1) is 0 Å². The van der Waals surface area contributed by atoms with Crippen molar-refractivity contribution in [2.45, 2.75) is 59.1 Å². The fourth-order valence-electron chi connectivity index (χ4n) is 2.90. The Labute approximate surface area is 161 Å². The van der Waals surface area contributed by atoms with Gasteiger partial charge in [0.25, 0.3) is 0 Å². The maximum absolute atomic E-state index is 13.2. The van der Waals surface area contributed by atoms with Gasteiger partial charge in [-0.1, -0.05) is 44.2 Å². The van der Waals surface area contributed by atoms with Gasteiger partial charge in [-0.25, -0.2) is 0 Å². The molecule has 0 spiro atoms. The second-order valence-electron chi connectivity index (χ2n) is 8.28. The molecule has 1 aromatic rings. The average Bonchev–Trinajstić information content (AvgIpc) is 2.55. The number of aliphatic carboxylic acids is 1. The zero-order chi connectivity index (χ0) is 20.8. The van der Waals surface area contributed by atoms with Crippen LogP contribution in [0.3, 0.4) is 0 Å². The number of esters is 1. The van der Waals surface area contributed by atoms with Crippen LogP contribution in [0, 0.1) is 17.8 Å². The smallest absolute Gasteiger partial charge is 0.321 e. The van der Waals surface area contributed by atoms with Gasteiger partial charge in [0.1, 0.15) is 17.6 Å². The van der Waals surface area contributed by atoms with Gasteiger partial charge in [0.2, 0.25) is 0 Å². The van der Waals surface area contributed by atoms with Crippen LogP contribution in [0.5, 0.6) is 0 Å². The topological polar surface area (TPSA) is 107 Å². The lowest BCUT2D eigenvalue weighted by Crippen LogP contribution is -2.47. The number of carbonyl (C=O) groups excluding carboxylic acids is 2. The Balaban J connectivity index is 3.21. The average molecular weight is 377 g/mol. The van der Waals surface area contributed by atoms with Gasteiger partial charge in [-0.3, -0.25) is 14.4 Å². The zero-order valence-corrected chi connectivity index (χ0v) is 16.8. The summed E-state index contributed by atoms with van der Waals surface area (Å²) in [6, 6.07) is 7.76. The number of Topliss-reactive ketones (excluding diaryl/α,β-unsaturated/α-hetero) is 1. The van der Waals surface area contributed by atoms with Crippen LogP contribution in [0.15, 0.2) is 30.3 Å². The normalized spacial score (nSPS) is 15.1. The van der Waals surface area contributed by atoms with Gasteiger partial charge in [0.15, 0.2) is 5.78 Å². The standard InChI is InChI=1S/C21H31NO5/c1-13(2)11-15(17(22)19(24)25)18(23)16(20(26)27-21(3,4)5)12-14-9-7-6-8-10-14/h6-10,13,15-17H,11-12,22H2,1-5H3,(H,24,25)/t15?,16-,17?/m0/s1. The van der Waals surface area contributed by atoms with E-state index in [0.717, 1.165) is 5.56 Å². The number of carbonyl (C=O) groups is 3. The maximum atomic E-state index is 13.2. The third-order valence-electron chi connectivity index (χ3n) is 4.13. The predicted octanol–water partition coefficient (Wildman–Crippen LogP) is 2.83. The lowest BCUT2D eigenvalue weighted by molar-refractivity contribution is -0.164. The Morgan fingerprint density at radius 3 is 2.11 bits per heavy atom. The number of nitrogens with two attached hydrogens (primary N) is 1. The minimum absolute atomic E-state index is 0.0559. The molecule has 0 aromatic heterocycles. The molecule has 3 N–H and O–H groups in total. The number of benzene rings is 1. The van der Waals surface area contributed by atoms with E-state index in [9.17, 15) is 19.5 Å². The number of rotatable bonds is 9. The quantitative estimate of drug-likeness (QED) is 0.506. The number of ether oxygens (including phenoxy) is 1. The first-order valence-electron chi connectivity index (χ1n) is 9.21. The molecule has 0 amide bonds. The summed E-state index contributed by atoms with van der Waals surface area (Å²) in [4.78, 5) is 37.4. The summed E-state index contributed by atoms with van der Waals surface area (Å²) in [5.41, 5.74) is 5.84. The highest BCUT2D eigenvalue weighted by Crippen LogP contribution is 2.25. The number of ketones is 1. The first kappa shape index (κ1) is 22.8. The highest BCUT2D eigenvalue weighted by atomic mass is 16.6. The molecule has 0 bridgehead atoms. The molecule has 2 unspecified atom stereocenters. The molecule has 0 aliphatic carbocycles. The monoisotopic (exact) mass is 377 g/mol. The number of carboxylic acid groups (broad SMARTS) is 1. The third-order valence-corrected chi connectivity index (χ3v) is 4.13. The van der Waals surface area contributed by atoms with Gasteiger partial charge in [-0.2, -0.15) is 0 Å². The van der Waals surface area contributed by atoms with Crippen molar-refractivity contribution < 1.29 is 24.2 Å². The molecule has 0 aliphatic heterocycles. The highest BCUT2D eigenvalue weighted by Gasteiger charge is 2.40. The van der Waals surface area contributed by atoms with Crippen molar-refractivity contribution in [3.05, 3.63) is 35.9 Å². The fraction of sp³-hybridized carbons (Fsp3) is 0.571. The van der Waals surface area contributed by atoms with Crippen molar-refractivity contribution >= 4 is 17.7 Å². The molecule has 150 valence electrons. The lowest BCUT2D eigenvalue weighted by atomic mass is 9.80. The van der Waals surface area contributed by atoms with E-state index in [-0.39, 0.29) is 12.3 Å². The molecule has 1 aromatic carbocycles. The van der Waals surface area contributed by atoms with Crippen LogP contribution in [-0.4, -0.2) is 34.5 Å². The highest BCUT2D eigenvalue weighted by molar-refractivity contribution is 6.02. The molecule has 27 heavy (non-hydrogen) atoms. The number of hydrogen-bond acceptors (Lipinski definition) is 5. The van der Waals surface area contributed by atoms with Crippen LogP contribution in [0.2, 0.25) is 0 Å². The van der Waals surface area contributed by atoms with E-state index in [1.54, 1.807) is 20.8 Å². The Hall–Kier alpha value is -2.21. The molecule has 6 nitrogen and oxygen atoms in total. The molecule has 0 saturated heterocycles. The minimum Gasteiger partial charge on any atom is -0.480 e. The van der Waals surface area contributed by atoms with Crippen molar-refractivity contribution in [2.75, 3.05) is 0 Å². The van der Waals surface area contributed by atoms with Gasteiger partial charge in [-0.05, 0) is 45.1 Å². The van der Waals surface area contributed by atoms with Gasteiger partial charge >= 0.3 is 11.9 Å². The second-order valence-corrected chi connectivity index (χ2v) is 8.28. The van der Waals surface area contributed by atoms with Crippen LogP contribution in [-0.2, 0) is 25.5 Å². The van der Waals surface area contributed by atoms with Crippen LogP contribution in [0.1, 0.15) is 46.6 Å². The summed E-state index contributed by atoms with van der Waals surface area (Å²) in [6.45, 7) is 8.94. The minimum atomic E-state index is -1.36. The van der Waals surface area contributed by atoms with E-state index >= 15 is 0 Å². The maximum Gasteiger partial charge on any atom is 0.321 e. The summed E-state index contributed by atoms with van der Waals surface area (Å²) in [6.07, 6.45) is 0.440. The molecule has 0 saturated carbocycles. The first-order valence-corrected chi connectivity index (χ1v) is 9.21. The number of hydrogen-bond donors (Lipinski definition) is 2. The van der Waals surface area contributed by atoms with E-state index in [4.69, 9.17) is 10.5 Å². The van der Waals surface area contributed by atoms with Crippen molar-refractivity contribution in [2.24, 2.45) is 23.5 Å². The van der Waals surface area contributed by atoms with Crippen LogP contribution in [0.25, 0.3) is 0 Å². The van der Waals surface area contributed by atoms with Crippen molar-refractivity contribution in [1.82, 2.24) is 0 Å². The summed E-state index contributed by atoms with van der Waals surface area (Å²) < 4.78 is 5.44. The molecule has 0 heterocycles. The van der Waals surface area contributed by atoms with Crippen LogP contribution >= 0.6 is 0 Å². The predicted molar refractivity (Wildman–Crippen MR) is 103 cm³/mol. The van der Waals surface area contributed by atoms with E-state index in [1.165, 1.54) is 0 Å². The lowest BCUT2D eigenvalue weighted by Gasteiger charge is -2.28. The SMILES string of the molecule is CC(C)CC(C(=O)[C@H](Cc1ccccc1)C(=O)OC(C)(C)C)C(N)C(=O)O. The first-order chi connectivity index (χ1) is 12.4. The van der Waals surface area contributed by atoms with E-state index in [1.807, 2.05) is 44.2 Å². The molecular formula is C21H31NO5. The number of carboxylic acids is 1. The molecule has 6 heteroatoms. The zero-order valence-electron chi connectivity index (χ0n) is 16.8. The third kappa shape index (κ3) is 7.51. The van der Waals surface area contributed by atoms with Gasteiger partial charge < -0.3 is 15.6 Å². The molecule has 0 radical (unpaired) electrons. The Bertz CT molecular complexity index is 648. The van der Waals surface area contributed by atoms with E-state index in [2.05, 4.69) is 0 Å². The summed E-state index contributed by atoms with van der Waals surface area (Å²) in [5, 5.41) is 9.32. The fourth-order valence-corrected chi connectivity index (χ4v) is 2.90. The Morgan fingerprint density at radius 1 is 1.11 bits per heavy atom. The van der Waals surface area contributed by atoms with E-state index in [0.29, 0.717) is 6.42 Å². The molecule has 3 atom stereocenters. The Morgan fingerprint density at radius 2 is 1.67 bits per heavy atom. The van der Waals surface area contributed by atoms with Gasteiger partial charge in [-0.15, -0.1) is 0 Å². The van der Waals surface area contributed by atoms with Crippen molar-refractivity contribution in [1.29, 1.82) is 0 Å². The summed E-state index contributed by atoms with van der Waals surface area (Å²) in [7, 11) is 0. The van der Waals surface area contributed by atoms with Crippen molar-refractivity contribution in [3.63, 3.8) is 0 Å². The Kier molecular flexibility index (Phi) is 8.16. The largest absolute Gasteiger partial charge is 0.480 e. The molecule has 1 rings (SSSR count). The summed E-state index contributed by atoms with van der Waals surface area (Å²) >= 11 is 0. The second kappa shape index (κ2) is 9.65. The molecular weight excluding hydrogens is 346 g/mol.